The summed E-state index contributed by atoms with van der Waals surface area (Å²) in [5.41, 5.74) is 1.63. The molecule has 4 N–H and O–H groups in total. The van der Waals surface area contributed by atoms with Gasteiger partial charge < -0.3 is 20.4 Å². The summed E-state index contributed by atoms with van der Waals surface area (Å²) < 4.78 is 0. The van der Waals surface area contributed by atoms with E-state index in [1.54, 1.807) is 42.5 Å². The SMILES string of the molecule is CCCCCCCCCCCC(=O)O.Oc1ccc(/C=C/c2cc(O)cc(O)c2)cc1. The number of hydrogen-bond donors (Lipinski definition) is 4. The van der Waals surface area contributed by atoms with Gasteiger partial charge in [-0.15, -0.1) is 0 Å². The molecule has 0 saturated carbocycles. The third-order valence-electron chi connectivity index (χ3n) is 4.78. The van der Waals surface area contributed by atoms with Gasteiger partial charge in [-0.3, -0.25) is 4.79 Å². The van der Waals surface area contributed by atoms with Crippen molar-refractivity contribution in [2.24, 2.45) is 0 Å². The Morgan fingerprint density at radius 2 is 1.16 bits per heavy atom. The van der Waals surface area contributed by atoms with E-state index in [4.69, 9.17) is 10.2 Å². The number of hydrogen-bond acceptors (Lipinski definition) is 4. The van der Waals surface area contributed by atoms with E-state index in [9.17, 15) is 15.0 Å². The summed E-state index contributed by atoms with van der Waals surface area (Å²) in [6, 6.07) is 11.1. The van der Waals surface area contributed by atoms with Gasteiger partial charge in [-0.25, -0.2) is 0 Å². The molecule has 2 aromatic rings. The van der Waals surface area contributed by atoms with Crippen molar-refractivity contribution in [3.8, 4) is 17.2 Å². The number of carbonyl (C=O) groups is 1. The van der Waals surface area contributed by atoms with Crippen LogP contribution < -0.4 is 0 Å². The third-order valence-corrected chi connectivity index (χ3v) is 4.78. The summed E-state index contributed by atoms with van der Waals surface area (Å²) in [4.78, 5) is 10.2. The number of aromatic hydroxyl groups is 3. The summed E-state index contributed by atoms with van der Waals surface area (Å²) in [5, 5.41) is 36.1. The van der Waals surface area contributed by atoms with E-state index in [-0.39, 0.29) is 17.2 Å². The monoisotopic (exact) mass is 428 g/mol. The van der Waals surface area contributed by atoms with Gasteiger partial charge in [0.25, 0.3) is 0 Å². The summed E-state index contributed by atoms with van der Waals surface area (Å²) in [5.74, 6) is -0.393. The van der Waals surface area contributed by atoms with Crippen LogP contribution in [0.2, 0.25) is 0 Å². The first-order valence-electron chi connectivity index (χ1n) is 11.1. The highest BCUT2D eigenvalue weighted by Gasteiger charge is 1.97. The number of aliphatic carboxylic acids is 1. The van der Waals surface area contributed by atoms with Crippen molar-refractivity contribution in [2.45, 2.75) is 71.1 Å². The zero-order valence-corrected chi connectivity index (χ0v) is 18.5. The lowest BCUT2D eigenvalue weighted by molar-refractivity contribution is -0.137. The van der Waals surface area contributed by atoms with Crippen molar-refractivity contribution < 1.29 is 25.2 Å². The second-order valence-electron chi connectivity index (χ2n) is 7.68. The van der Waals surface area contributed by atoms with Crippen LogP contribution in [-0.2, 0) is 4.79 Å². The standard InChI is InChI=1S/C14H12O3.C12H24O2/c15-12-5-3-10(4-6-12)1-2-11-7-13(16)9-14(17)8-11;1-2-3-4-5-6-7-8-9-10-11-12(13)14/h1-9,15-17H;2-11H2,1H3,(H,13,14)/b2-1+;. The Hall–Kier alpha value is -2.95. The molecule has 2 aromatic carbocycles. The maximum absolute atomic E-state index is 10.2. The Morgan fingerprint density at radius 1 is 0.677 bits per heavy atom. The summed E-state index contributed by atoms with van der Waals surface area (Å²) in [7, 11) is 0. The van der Waals surface area contributed by atoms with Crippen molar-refractivity contribution in [3.63, 3.8) is 0 Å². The molecule has 0 radical (unpaired) electrons. The lowest BCUT2D eigenvalue weighted by atomic mass is 10.1. The smallest absolute Gasteiger partial charge is 0.303 e. The van der Waals surface area contributed by atoms with Gasteiger partial charge in [0.1, 0.15) is 17.2 Å². The fourth-order valence-electron chi connectivity index (χ4n) is 3.08. The largest absolute Gasteiger partial charge is 0.508 e. The third kappa shape index (κ3) is 13.8. The molecule has 170 valence electrons. The van der Waals surface area contributed by atoms with Gasteiger partial charge in [0.05, 0.1) is 0 Å². The Balaban J connectivity index is 0.000000318. The number of carboxylic acid groups (broad SMARTS) is 1. The average Bonchev–Trinajstić information content (AvgIpc) is 2.72. The first kappa shape index (κ1) is 26.1. The Morgan fingerprint density at radius 3 is 1.68 bits per heavy atom. The van der Waals surface area contributed by atoms with Gasteiger partial charge in [-0.05, 0) is 41.8 Å². The Kier molecular flexibility index (Phi) is 13.3. The molecule has 0 aromatic heterocycles. The van der Waals surface area contributed by atoms with Gasteiger partial charge in [0, 0.05) is 12.5 Å². The lowest BCUT2D eigenvalue weighted by Gasteiger charge is -2.00. The quantitative estimate of drug-likeness (QED) is 0.216. The molecule has 0 aliphatic heterocycles. The highest BCUT2D eigenvalue weighted by Crippen LogP contribution is 2.22. The molecule has 0 heterocycles. The maximum atomic E-state index is 10.2. The molecular weight excluding hydrogens is 392 g/mol. The van der Waals surface area contributed by atoms with E-state index in [0.717, 1.165) is 18.4 Å². The minimum Gasteiger partial charge on any atom is -0.508 e. The number of carboxylic acids is 1. The Bertz CT molecular complexity index is 761. The first-order chi connectivity index (χ1) is 14.9. The number of unbranched alkanes of at least 4 members (excludes halogenated alkanes) is 8. The van der Waals surface area contributed by atoms with E-state index >= 15 is 0 Å². The molecule has 0 aliphatic carbocycles. The molecule has 0 aliphatic rings. The lowest BCUT2D eigenvalue weighted by Crippen LogP contribution is -1.93. The molecule has 0 fully saturated rings. The van der Waals surface area contributed by atoms with E-state index < -0.39 is 5.97 Å². The molecule has 0 saturated heterocycles. The summed E-state index contributed by atoms with van der Waals surface area (Å²) >= 11 is 0. The zero-order valence-electron chi connectivity index (χ0n) is 18.5. The second-order valence-corrected chi connectivity index (χ2v) is 7.68. The second kappa shape index (κ2) is 15.8. The molecule has 31 heavy (non-hydrogen) atoms. The highest BCUT2D eigenvalue weighted by atomic mass is 16.4. The Labute approximate surface area is 185 Å². The molecule has 5 heteroatoms. The fraction of sp³-hybridized carbons (Fsp3) is 0.423. The van der Waals surface area contributed by atoms with Crippen LogP contribution in [0.15, 0.2) is 42.5 Å². The van der Waals surface area contributed by atoms with E-state index in [1.165, 1.54) is 51.0 Å². The van der Waals surface area contributed by atoms with Gasteiger partial charge in [0.15, 0.2) is 0 Å². The fourth-order valence-corrected chi connectivity index (χ4v) is 3.08. The minimum atomic E-state index is -0.659. The molecule has 0 atom stereocenters. The van der Waals surface area contributed by atoms with Gasteiger partial charge in [0.2, 0.25) is 0 Å². The van der Waals surface area contributed by atoms with Crippen LogP contribution in [0.5, 0.6) is 17.2 Å². The molecule has 5 nitrogen and oxygen atoms in total. The van der Waals surface area contributed by atoms with Gasteiger partial charge in [-0.1, -0.05) is 82.6 Å². The number of phenolic OH excluding ortho intramolecular Hbond substituents is 3. The van der Waals surface area contributed by atoms with E-state index in [1.807, 2.05) is 6.08 Å². The van der Waals surface area contributed by atoms with Crippen LogP contribution in [0.4, 0.5) is 0 Å². The number of rotatable bonds is 12. The minimum absolute atomic E-state index is 0.0235. The van der Waals surface area contributed by atoms with E-state index in [0.29, 0.717) is 12.0 Å². The average molecular weight is 429 g/mol. The van der Waals surface area contributed by atoms with Crippen LogP contribution in [0.25, 0.3) is 12.2 Å². The van der Waals surface area contributed by atoms with Crippen LogP contribution in [0.3, 0.4) is 0 Å². The van der Waals surface area contributed by atoms with Crippen molar-refractivity contribution in [1.82, 2.24) is 0 Å². The molecule has 0 unspecified atom stereocenters. The van der Waals surface area contributed by atoms with Crippen molar-refractivity contribution in [1.29, 1.82) is 0 Å². The summed E-state index contributed by atoms with van der Waals surface area (Å²) in [6.45, 7) is 2.23. The normalized spacial score (nSPS) is 10.6. The van der Waals surface area contributed by atoms with Crippen LogP contribution in [0.1, 0.15) is 82.3 Å². The molecular formula is C26H36O5. The maximum Gasteiger partial charge on any atom is 0.303 e. The number of phenols is 3. The van der Waals surface area contributed by atoms with Crippen LogP contribution in [-0.4, -0.2) is 26.4 Å². The van der Waals surface area contributed by atoms with E-state index in [2.05, 4.69) is 6.92 Å². The zero-order chi connectivity index (χ0) is 22.9. The predicted molar refractivity (Wildman–Crippen MR) is 126 cm³/mol. The van der Waals surface area contributed by atoms with Gasteiger partial charge >= 0.3 is 5.97 Å². The summed E-state index contributed by atoms with van der Waals surface area (Å²) in [6.07, 6.45) is 15.1. The number of benzene rings is 2. The topological polar surface area (TPSA) is 98.0 Å². The molecule has 0 spiro atoms. The van der Waals surface area contributed by atoms with Crippen molar-refractivity contribution in [2.75, 3.05) is 0 Å². The highest BCUT2D eigenvalue weighted by molar-refractivity contribution is 5.71. The van der Waals surface area contributed by atoms with Crippen LogP contribution in [0, 0.1) is 0 Å². The van der Waals surface area contributed by atoms with Crippen molar-refractivity contribution in [3.05, 3.63) is 53.6 Å². The van der Waals surface area contributed by atoms with Crippen LogP contribution >= 0.6 is 0 Å². The molecule has 2 rings (SSSR count). The predicted octanol–water partition coefficient (Wildman–Crippen LogP) is 6.97. The van der Waals surface area contributed by atoms with Crippen molar-refractivity contribution >= 4 is 18.1 Å². The van der Waals surface area contributed by atoms with Gasteiger partial charge in [-0.2, -0.15) is 0 Å². The molecule has 0 amide bonds. The molecule has 0 bridgehead atoms. The first-order valence-corrected chi connectivity index (χ1v) is 11.1.